The minimum absolute atomic E-state index is 0.0827. The Morgan fingerprint density at radius 2 is 2.00 bits per heavy atom. The fraction of sp³-hybridized carbons (Fsp3) is 0.409. The average molecular weight is 444 g/mol. The molecular weight excluding hydrogens is 418 g/mol. The van der Waals surface area contributed by atoms with Crippen molar-refractivity contribution in [3.63, 3.8) is 0 Å². The third kappa shape index (κ3) is 6.21. The van der Waals surface area contributed by atoms with Gasteiger partial charge in [-0.2, -0.15) is 0 Å². The fourth-order valence-corrected chi connectivity index (χ4v) is 4.26. The highest BCUT2D eigenvalue weighted by Crippen LogP contribution is 2.22. The SMILES string of the molecule is CC(C)C(NC(=O)OCc1ccccc1)C(=O)CC1Cc2ncc(s2)CNC(=O)C1=O. The summed E-state index contributed by atoms with van der Waals surface area (Å²) in [5.74, 6) is -2.71. The molecular formula is C22H25N3O5S. The second-order valence-electron chi connectivity index (χ2n) is 7.77. The molecule has 2 aromatic rings. The van der Waals surface area contributed by atoms with E-state index in [1.165, 1.54) is 11.3 Å². The normalized spacial score (nSPS) is 17.2. The van der Waals surface area contributed by atoms with Crippen LogP contribution in [0.5, 0.6) is 0 Å². The summed E-state index contributed by atoms with van der Waals surface area (Å²) in [6.07, 6.45) is 1.00. The maximum Gasteiger partial charge on any atom is 0.408 e. The molecule has 1 aliphatic rings. The highest BCUT2D eigenvalue weighted by atomic mass is 32.1. The predicted octanol–water partition coefficient (Wildman–Crippen LogP) is 2.41. The second kappa shape index (κ2) is 10.3. The number of ketones is 2. The van der Waals surface area contributed by atoms with Crippen molar-refractivity contribution in [2.75, 3.05) is 0 Å². The molecule has 0 fully saturated rings. The summed E-state index contributed by atoms with van der Waals surface area (Å²) in [5, 5.41) is 5.88. The van der Waals surface area contributed by atoms with Gasteiger partial charge in [-0.3, -0.25) is 14.4 Å². The van der Waals surface area contributed by atoms with Crippen molar-refractivity contribution in [1.82, 2.24) is 15.6 Å². The summed E-state index contributed by atoms with van der Waals surface area (Å²) >= 11 is 1.41. The minimum Gasteiger partial charge on any atom is -0.445 e. The van der Waals surface area contributed by atoms with Crippen molar-refractivity contribution in [2.45, 2.75) is 45.9 Å². The molecule has 0 saturated carbocycles. The van der Waals surface area contributed by atoms with Crippen molar-refractivity contribution in [3.05, 3.63) is 52.0 Å². The van der Waals surface area contributed by atoms with E-state index in [0.29, 0.717) is 5.01 Å². The molecule has 8 nitrogen and oxygen atoms in total. The lowest BCUT2D eigenvalue weighted by molar-refractivity contribution is -0.141. The molecule has 2 N–H and O–H groups in total. The number of nitrogens with zero attached hydrogens (tertiary/aromatic N) is 1. The molecule has 0 radical (unpaired) electrons. The van der Waals surface area contributed by atoms with E-state index < -0.39 is 29.7 Å². The molecule has 1 aromatic heterocycles. The number of benzene rings is 1. The monoisotopic (exact) mass is 443 g/mol. The zero-order valence-corrected chi connectivity index (χ0v) is 18.2. The molecule has 1 aromatic carbocycles. The van der Waals surface area contributed by atoms with Gasteiger partial charge in [-0.1, -0.05) is 44.2 Å². The average Bonchev–Trinajstić information content (AvgIpc) is 3.21. The van der Waals surface area contributed by atoms with Gasteiger partial charge < -0.3 is 15.4 Å². The second-order valence-corrected chi connectivity index (χ2v) is 8.97. The van der Waals surface area contributed by atoms with Crippen LogP contribution in [-0.2, 0) is 38.7 Å². The van der Waals surface area contributed by atoms with Gasteiger partial charge in [0.05, 0.1) is 17.6 Å². The first-order valence-corrected chi connectivity index (χ1v) is 10.9. The summed E-state index contributed by atoms with van der Waals surface area (Å²) in [7, 11) is 0. The number of alkyl carbamates (subject to hydrolysis) is 1. The lowest BCUT2D eigenvalue weighted by Gasteiger charge is -2.23. The molecule has 31 heavy (non-hydrogen) atoms. The number of fused-ring (bicyclic) bond motifs is 2. The molecule has 2 bridgehead atoms. The first-order chi connectivity index (χ1) is 14.8. The Bertz CT molecular complexity index is 957. The number of aromatic nitrogens is 1. The summed E-state index contributed by atoms with van der Waals surface area (Å²) in [4.78, 5) is 55.1. The maximum atomic E-state index is 13.0. The number of hydrogen-bond acceptors (Lipinski definition) is 7. The van der Waals surface area contributed by atoms with Crippen LogP contribution in [0, 0.1) is 11.8 Å². The number of amides is 2. The Morgan fingerprint density at radius 3 is 2.71 bits per heavy atom. The molecule has 3 rings (SSSR count). The van der Waals surface area contributed by atoms with Crippen LogP contribution in [0.1, 0.15) is 35.7 Å². The van der Waals surface area contributed by atoms with Gasteiger partial charge >= 0.3 is 6.09 Å². The van der Waals surface area contributed by atoms with Gasteiger partial charge in [-0.05, 0) is 11.5 Å². The Balaban J connectivity index is 1.64. The molecule has 1 aliphatic heterocycles. The molecule has 0 saturated heterocycles. The number of nitrogens with one attached hydrogen (secondary N) is 2. The van der Waals surface area contributed by atoms with Gasteiger partial charge in [0.2, 0.25) is 5.78 Å². The van der Waals surface area contributed by atoms with E-state index in [4.69, 9.17) is 4.74 Å². The van der Waals surface area contributed by atoms with Crippen LogP contribution in [0.25, 0.3) is 0 Å². The van der Waals surface area contributed by atoms with Gasteiger partial charge in [0.1, 0.15) is 6.61 Å². The Labute approximate surface area is 184 Å². The van der Waals surface area contributed by atoms with Crippen LogP contribution in [0.3, 0.4) is 0 Å². The smallest absolute Gasteiger partial charge is 0.408 e. The Hall–Kier alpha value is -3.07. The van der Waals surface area contributed by atoms with Gasteiger partial charge in [0.15, 0.2) is 5.78 Å². The largest absolute Gasteiger partial charge is 0.445 e. The summed E-state index contributed by atoms with van der Waals surface area (Å²) in [5.41, 5.74) is 0.829. The summed E-state index contributed by atoms with van der Waals surface area (Å²) < 4.78 is 5.22. The number of ether oxygens (including phenoxy) is 1. The van der Waals surface area contributed by atoms with Crippen molar-refractivity contribution < 1.29 is 23.9 Å². The van der Waals surface area contributed by atoms with E-state index >= 15 is 0 Å². The Kier molecular flexibility index (Phi) is 7.51. The lowest BCUT2D eigenvalue weighted by Crippen LogP contribution is -2.46. The highest BCUT2D eigenvalue weighted by molar-refractivity contribution is 7.11. The van der Waals surface area contributed by atoms with E-state index in [2.05, 4.69) is 15.6 Å². The predicted molar refractivity (Wildman–Crippen MR) is 114 cm³/mol. The molecule has 164 valence electrons. The molecule has 2 atom stereocenters. The molecule has 0 aliphatic carbocycles. The zero-order valence-electron chi connectivity index (χ0n) is 17.4. The first-order valence-electron chi connectivity index (χ1n) is 10.1. The summed E-state index contributed by atoms with van der Waals surface area (Å²) in [6, 6.07) is 8.37. The molecule has 2 amide bonds. The van der Waals surface area contributed by atoms with Gasteiger partial charge in [-0.15, -0.1) is 11.3 Å². The van der Waals surface area contributed by atoms with Crippen LogP contribution < -0.4 is 10.6 Å². The van der Waals surface area contributed by atoms with Crippen molar-refractivity contribution in [3.8, 4) is 0 Å². The van der Waals surface area contributed by atoms with E-state index in [1.54, 1.807) is 20.0 Å². The van der Waals surface area contributed by atoms with Crippen LogP contribution in [0.4, 0.5) is 4.79 Å². The standard InChI is InChI=1S/C22H25N3O5S/c1-13(2)19(25-22(29)30-12-14-6-4-3-5-7-14)17(26)8-15-9-18-23-10-16(31-18)11-24-21(28)20(15)27/h3-7,10,13,15,19H,8-9,11-12H2,1-2H3,(H,24,28)(H,25,29). The molecule has 0 spiro atoms. The summed E-state index contributed by atoms with van der Waals surface area (Å²) in [6.45, 7) is 3.92. The maximum absolute atomic E-state index is 13.0. The fourth-order valence-electron chi connectivity index (χ4n) is 3.31. The van der Waals surface area contributed by atoms with E-state index in [0.717, 1.165) is 10.4 Å². The van der Waals surface area contributed by atoms with Crippen molar-refractivity contribution >= 4 is 34.9 Å². The van der Waals surface area contributed by atoms with Crippen LogP contribution >= 0.6 is 11.3 Å². The quantitative estimate of drug-likeness (QED) is 0.635. The number of thiazole rings is 1. The van der Waals surface area contributed by atoms with Gasteiger partial charge in [0.25, 0.3) is 5.91 Å². The molecule has 2 unspecified atom stereocenters. The number of carbonyl (C=O) groups is 4. The number of hydrogen-bond donors (Lipinski definition) is 2. The minimum atomic E-state index is -0.835. The Morgan fingerprint density at radius 1 is 1.26 bits per heavy atom. The van der Waals surface area contributed by atoms with Crippen LogP contribution in [-0.4, -0.2) is 34.6 Å². The third-order valence-corrected chi connectivity index (χ3v) is 6.01. The van der Waals surface area contributed by atoms with E-state index in [-0.39, 0.29) is 37.7 Å². The molecule has 2 heterocycles. The van der Waals surface area contributed by atoms with Crippen LogP contribution in [0.15, 0.2) is 36.5 Å². The van der Waals surface area contributed by atoms with Gasteiger partial charge in [0, 0.05) is 29.8 Å². The van der Waals surface area contributed by atoms with Crippen LogP contribution in [0.2, 0.25) is 0 Å². The number of carbonyl (C=O) groups excluding carboxylic acids is 4. The first kappa shape index (κ1) is 22.6. The molecule has 9 heteroatoms. The third-order valence-electron chi connectivity index (χ3n) is 4.99. The highest BCUT2D eigenvalue weighted by Gasteiger charge is 2.33. The lowest BCUT2D eigenvalue weighted by atomic mass is 9.88. The topological polar surface area (TPSA) is 114 Å². The van der Waals surface area contributed by atoms with Crippen molar-refractivity contribution in [2.24, 2.45) is 11.8 Å². The number of Topliss-reactive ketones (excluding diaryl/α,β-unsaturated/α-hetero) is 2. The zero-order chi connectivity index (χ0) is 22.4. The van der Waals surface area contributed by atoms with Crippen molar-refractivity contribution in [1.29, 1.82) is 0 Å². The van der Waals surface area contributed by atoms with E-state index in [1.807, 2.05) is 30.3 Å². The van der Waals surface area contributed by atoms with E-state index in [9.17, 15) is 19.2 Å². The number of rotatable bonds is 7. The van der Waals surface area contributed by atoms with Gasteiger partial charge in [-0.25, -0.2) is 9.78 Å².